The summed E-state index contributed by atoms with van der Waals surface area (Å²) in [6.07, 6.45) is 3.80. The van der Waals surface area contributed by atoms with Crippen molar-refractivity contribution in [2.45, 2.75) is 50.9 Å². The third kappa shape index (κ3) is 4.91. The fourth-order valence-electron chi connectivity index (χ4n) is 4.40. The zero-order valence-electron chi connectivity index (χ0n) is 20.5. The molecule has 0 fully saturated rings. The van der Waals surface area contributed by atoms with Crippen molar-refractivity contribution in [2.75, 3.05) is 24.9 Å². The Balaban J connectivity index is 1.91. The maximum absolute atomic E-state index is 13.4. The van der Waals surface area contributed by atoms with Gasteiger partial charge in [-0.05, 0) is 41.4 Å². The van der Waals surface area contributed by atoms with Gasteiger partial charge < -0.3 is 9.47 Å². The van der Waals surface area contributed by atoms with Gasteiger partial charge in [0.1, 0.15) is 11.5 Å². The van der Waals surface area contributed by atoms with Gasteiger partial charge in [-0.25, -0.2) is 4.90 Å². The summed E-state index contributed by atoms with van der Waals surface area (Å²) in [7, 11) is 3.16. The van der Waals surface area contributed by atoms with Crippen molar-refractivity contribution in [3.63, 3.8) is 0 Å². The number of hydrogen-bond donors (Lipinski definition) is 1. The number of aromatic amines is 1. The van der Waals surface area contributed by atoms with Gasteiger partial charge in [-0.2, -0.15) is 0 Å². The van der Waals surface area contributed by atoms with Crippen LogP contribution in [-0.2, 0) is 4.79 Å². The number of anilines is 1. The van der Waals surface area contributed by atoms with Crippen molar-refractivity contribution in [1.29, 1.82) is 0 Å². The maximum atomic E-state index is 13.4. The Morgan fingerprint density at radius 1 is 1.14 bits per heavy atom. The number of carbonyl (C=O) groups is 1. The van der Waals surface area contributed by atoms with E-state index in [1.54, 1.807) is 35.9 Å². The predicted octanol–water partition coefficient (Wildman–Crippen LogP) is 4.33. The van der Waals surface area contributed by atoms with Crippen LogP contribution in [0.1, 0.15) is 51.3 Å². The first-order chi connectivity index (χ1) is 17.0. The molecule has 1 amide bonds. The minimum atomic E-state index is -0.732. The van der Waals surface area contributed by atoms with Crippen LogP contribution in [0.5, 0.6) is 11.5 Å². The van der Waals surface area contributed by atoms with Gasteiger partial charge in [0.05, 0.1) is 31.0 Å². The molecular formula is C26H31N4O4S+. The Bertz CT molecular complexity index is 1280. The Morgan fingerprint density at radius 3 is 2.66 bits per heavy atom. The van der Waals surface area contributed by atoms with E-state index in [1.165, 1.54) is 31.5 Å². The molecule has 1 aliphatic heterocycles. The van der Waals surface area contributed by atoms with Crippen LogP contribution in [0.15, 0.2) is 52.4 Å². The highest BCUT2D eigenvalue weighted by molar-refractivity contribution is 7.99. The first-order valence-electron chi connectivity index (χ1n) is 11.8. The number of hydrogen-bond acceptors (Lipinski definition) is 6. The summed E-state index contributed by atoms with van der Waals surface area (Å²) in [5, 5.41) is 5.36. The predicted molar refractivity (Wildman–Crippen MR) is 136 cm³/mol. The first-order valence-corrected chi connectivity index (χ1v) is 12.8. The standard InChI is InChI=1S/C26H30N4O4S/c1-5-6-7-10-15-35-26-27-24(32)23-19-11-8-9-12-21(19)29(17(2)31)25(30(23)28-26)20-16-18(33-3)13-14-22(20)34-4/h8-9,11-14,16,25H,5-7,10,15H2,1-4H3/p+1/t25-/m1/s1. The lowest BCUT2D eigenvalue weighted by atomic mass is 10.0. The molecule has 1 aromatic heterocycles. The van der Waals surface area contributed by atoms with Gasteiger partial charge in [-0.1, -0.05) is 50.1 Å². The van der Waals surface area contributed by atoms with Crippen molar-refractivity contribution in [3.05, 3.63) is 58.4 Å². The molecule has 9 heteroatoms. The molecule has 184 valence electrons. The number of rotatable bonds is 9. The number of carbonyl (C=O) groups excluding carboxylic acids is 1. The van der Waals surface area contributed by atoms with Crippen molar-refractivity contribution in [3.8, 4) is 22.8 Å². The molecule has 2 heterocycles. The number of nitrogens with one attached hydrogen (secondary N) is 1. The summed E-state index contributed by atoms with van der Waals surface area (Å²) in [5.41, 5.74) is 2.10. The van der Waals surface area contributed by atoms with E-state index in [4.69, 9.17) is 14.6 Å². The molecule has 0 saturated carbocycles. The number of benzene rings is 2. The van der Waals surface area contributed by atoms with Gasteiger partial charge in [0, 0.05) is 17.8 Å². The van der Waals surface area contributed by atoms with E-state index in [1.807, 2.05) is 30.3 Å². The monoisotopic (exact) mass is 495 g/mol. The normalized spacial score (nSPS) is 14.3. The molecule has 35 heavy (non-hydrogen) atoms. The summed E-state index contributed by atoms with van der Waals surface area (Å²) in [6.45, 7) is 3.69. The van der Waals surface area contributed by atoms with E-state index in [0.717, 1.165) is 18.6 Å². The minimum absolute atomic E-state index is 0.179. The molecule has 0 saturated heterocycles. The minimum Gasteiger partial charge on any atom is -0.497 e. The van der Waals surface area contributed by atoms with Gasteiger partial charge in [0.15, 0.2) is 0 Å². The SMILES string of the molecule is CCCCCCSc1n[n+]2c(c(=O)[nH]1)-c1ccccc1N(C(C)=O)[C@H]2c1cc(OC)ccc1OC. The summed E-state index contributed by atoms with van der Waals surface area (Å²) < 4.78 is 12.8. The highest BCUT2D eigenvalue weighted by Crippen LogP contribution is 2.40. The summed E-state index contributed by atoms with van der Waals surface area (Å²) in [5.74, 6) is 1.85. The molecule has 0 bridgehead atoms. The molecule has 1 aliphatic rings. The maximum Gasteiger partial charge on any atom is 0.325 e. The Morgan fingerprint density at radius 2 is 1.94 bits per heavy atom. The zero-order valence-corrected chi connectivity index (χ0v) is 21.4. The Labute approximate surface area is 209 Å². The van der Waals surface area contributed by atoms with Crippen molar-refractivity contribution in [2.24, 2.45) is 0 Å². The largest absolute Gasteiger partial charge is 0.497 e. The zero-order chi connectivity index (χ0) is 24.9. The lowest BCUT2D eigenvalue weighted by Gasteiger charge is -2.32. The first kappa shape index (κ1) is 24.8. The van der Waals surface area contributed by atoms with Gasteiger partial charge in [-0.15, -0.1) is 0 Å². The summed E-state index contributed by atoms with van der Waals surface area (Å²) in [6, 6.07) is 12.8. The number of unbranched alkanes of at least 4 members (excludes halogenated alkanes) is 3. The van der Waals surface area contributed by atoms with E-state index in [-0.39, 0.29) is 11.5 Å². The van der Waals surface area contributed by atoms with Crippen LogP contribution < -0.4 is 24.6 Å². The molecule has 2 aromatic carbocycles. The third-order valence-corrected chi connectivity index (χ3v) is 7.00. The number of nitrogens with zero attached hydrogens (tertiary/aromatic N) is 3. The number of amides is 1. The lowest BCUT2D eigenvalue weighted by molar-refractivity contribution is -0.763. The average Bonchev–Trinajstić information content (AvgIpc) is 2.87. The average molecular weight is 496 g/mol. The van der Waals surface area contributed by atoms with E-state index >= 15 is 0 Å². The molecule has 8 nitrogen and oxygen atoms in total. The number of ether oxygens (including phenoxy) is 2. The van der Waals surface area contributed by atoms with Gasteiger partial charge >= 0.3 is 11.3 Å². The van der Waals surface area contributed by atoms with E-state index in [9.17, 15) is 9.59 Å². The van der Waals surface area contributed by atoms with Gasteiger partial charge in [0.2, 0.25) is 11.1 Å². The lowest BCUT2D eigenvalue weighted by Crippen LogP contribution is -2.60. The molecule has 3 aromatic rings. The fourth-order valence-corrected chi connectivity index (χ4v) is 5.25. The second-order valence-electron chi connectivity index (χ2n) is 8.35. The number of aromatic nitrogens is 3. The Kier molecular flexibility index (Phi) is 7.75. The van der Waals surface area contributed by atoms with E-state index in [0.29, 0.717) is 39.2 Å². The smallest absolute Gasteiger partial charge is 0.325 e. The summed E-state index contributed by atoms with van der Waals surface area (Å²) in [4.78, 5) is 31.1. The van der Waals surface area contributed by atoms with Crippen LogP contribution >= 0.6 is 11.8 Å². The Hall–Kier alpha value is -3.33. The molecule has 1 N–H and O–H groups in total. The third-order valence-electron chi connectivity index (χ3n) is 6.05. The summed E-state index contributed by atoms with van der Waals surface area (Å²) >= 11 is 1.52. The molecule has 1 atom stereocenters. The van der Waals surface area contributed by atoms with Crippen LogP contribution in [0.25, 0.3) is 11.3 Å². The highest BCUT2D eigenvalue weighted by Gasteiger charge is 2.46. The molecule has 0 aliphatic carbocycles. The number of fused-ring (bicyclic) bond motifs is 3. The molecule has 4 rings (SSSR count). The number of thioether (sulfide) groups is 1. The van der Waals surface area contributed by atoms with E-state index < -0.39 is 6.17 Å². The van der Waals surface area contributed by atoms with Crippen LogP contribution in [0.3, 0.4) is 0 Å². The van der Waals surface area contributed by atoms with Crippen molar-refractivity contribution >= 4 is 23.4 Å². The van der Waals surface area contributed by atoms with Crippen molar-refractivity contribution < 1.29 is 19.0 Å². The highest BCUT2D eigenvalue weighted by atomic mass is 32.2. The number of methoxy groups -OCH3 is 2. The number of H-pyrrole nitrogens is 1. The van der Waals surface area contributed by atoms with Crippen molar-refractivity contribution in [1.82, 2.24) is 10.1 Å². The van der Waals surface area contributed by atoms with E-state index in [2.05, 4.69) is 11.9 Å². The molecule has 0 spiro atoms. The van der Waals surface area contributed by atoms with Crippen LogP contribution in [0.4, 0.5) is 5.69 Å². The quantitative estimate of drug-likeness (QED) is 0.270. The van der Waals surface area contributed by atoms with Crippen LogP contribution in [0, 0.1) is 0 Å². The fraction of sp³-hybridized carbons (Fsp3) is 0.385. The molecule has 0 radical (unpaired) electrons. The van der Waals surface area contributed by atoms with Gasteiger partial charge in [-0.3, -0.25) is 14.6 Å². The second-order valence-corrected chi connectivity index (χ2v) is 9.43. The second kappa shape index (κ2) is 10.9. The number of para-hydroxylation sites is 1. The molecule has 0 unspecified atom stereocenters. The van der Waals surface area contributed by atoms with Gasteiger partial charge in [0.25, 0.3) is 6.17 Å². The van der Waals surface area contributed by atoms with Crippen LogP contribution in [-0.4, -0.2) is 36.0 Å². The molecular weight excluding hydrogens is 464 g/mol. The van der Waals surface area contributed by atoms with Crippen LogP contribution in [0.2, 0.25) is 0 Å². The topological polar surface area (TPSA) is 88.4 Å².